The molecule has 2 aromatic rings. The number of nitrogens with zero attached hydrogens (tertiary/aromatic N) is 5. The number of carbonyl (C=O) groups excluding carboxylic acids is 2. The molecule has 2 N–H and O–H groups in total. The van der Waals surface area contributed by atoms with Crippen LogP contribution in [0.2, 0.25) is 0 Å². The lowest BCUT2D eigenvalue weighted by molar-refractivity contribution is -0.143. The largest absolute Gasteiger partial charge is 0.368 e. The Morgan fingerprint density at radius 1 is 1.03 bits per heavy atom. The third kappa shape index (κ3) is 5.13. The minimum Gasteiger partial charge on any atom is -0.368 e. The van der Waals surface area contributed by atoms with Crippen molar-refractivity contribution in [3.05, 3.63) is 29.2 Å². The molecule has 2 amide bonds. The van der Waals surface area contributed by atoms with E-state index in [1.165, 1.54) is 0 Å². The topological polar surface area (TPSA) is 111 Å². The van der Waals surface area contributed by atoms with Gasteiger partial charge in [-0.05, 0) is 57.4 Å². The highest BCUT2D eigenvalue weighted by Crippen LogP contribution is 2.33. The fourth-order valence-electron chi connectivity index (χ4n) is 5.61. The van der Waals surface area contributed by atoms with Crippen molar-refractivity contribution in [3.63, 3.8) is 0 Å². The number of hydrogen-bond donors (Lipinski definition) is 2. The molecule has 1 saturated heterocycles. The van der Waals surface area contributed by atoms with E-state index in [0.717, 1.165) is 11.3 Å². The monoisotopic (exact) mass is 499 g/mol. The van der Waals surface area contributed by atoms with Crippen molar-refractivity contribution in [3.8, 4) is 0 Å². The highest BCUT2D eigenvalue weighted by Gasteiger charge is 2.41. The molecule has 0 atom stereocenters. The molecule has 1 saturated carbocycles. The van der Waals surface area contributed by atoms with Gasteiger partial charge in [0.25, 0.3) is 5.91 Å². The molecule has 9 heteroatoms. The summed E-state index contributed by atoms with van der Waals surface area (Å²) in [6, 6.07) is 2.09. The molecule has 198 valence electrons. The molecular formula is C27H41N5O4. The second kappa shape index (κ2) is 10.1. The summed E-state index contributed by atoms with van der Waals surface area (Å²) in [5.41, 5.74) is 2.59. The van der Waals surface area contributed by atoms with Gasteiger partial charge >= 0.3 is 0 Å². The van der Waals surface area contributed by atoms with Gasteiger partial charge in [-0.1, -0.05) is 27.7 Å². The van der Waals surface area contributed by atoms with Gasteiger partial charge in [-0.15, -0.1) is 0 Å². The molecule has 1 aliphatic heterocycles. The Kier molecular flexibility index (Phi) is 7.44. The van der Waals surface area contributed by atoms with Gasteiger partial charge in [0.15, 0.2) is 11.9 Å². The fourth-order valence-corrected chi connectivity index (χ4v) is 5.61. The van der Waals surface area contributed by atoms with Crippen molar-refractivity contribution in [2.75, 3.05) is 19.6 Å². The van der Waals surface area contributed by atoms with Crippen LogP contribution in [0.1, 0.15) is 101 Å². The van der Waals surface area contributed by atoms with E-state index in [2.05, 4.69) is 33.8 Å². The highest BCUT2D eigenvalue weighted by atomic mass is 16.5. The molecule has 3 heterocycles. The van der Waals surface area contributed by atoms with Crippen molar-refractivity contribution < 1.29 is 19.8 Å². The summed E-state index contributed by atoms with van der Waals surface area (Å²) < 4.78 is 1.74. The number of aliphatic hydroxyl groups is 2. The number of fused-ring (bicyclic) bond motifs is 1. The minimum absolute atomic E-state index is 0.0906. The molecule has 9 nitrogen and oxygen atoms in total. The lowest BCUT2D eigenvalue weighted by Gasteiger charge is -2.47. The van der Waals surface area contributed by atoms with Crippen LogP contribution in [0.15, 0.2) is 12.3 Å². The van der Waals surface area contributed by atoms with Crippen molar-refractivity contribution in [1.29, 1.82) is 0 Å². The van der Waals surface area contributed by atoms with Crippen LogP contribution in [0.25, 0.3) is 5.65 Å². The van der Waals surface area contributed by atoms with Crippen molar-refractivity contribution in [2.45, 2.75) is 90.9 Å². The standard InChI is InChI=1S/C27H41N5O4/c1-16(2)20-13-21(17(3)4)29-32-14-22(28-23(20)32)25(34)31-12-11-30(15-27(31,5)6)24(33)18-7-9-19(10-8-18)26(35)36/h13-14,16-19,26,35-36H,7-12,15H2,1-6H3/t18-,19+. The molecule has 0 radical (unpaired) electrons. The van der Waals surface area contributed by atoms with Crippen molar-refractivity contribution >= 4 is 17.5 Å². The number of rotatable bonds is 5. The predicted octanol–water partition coefficient (Wildman–Crippen LogP) is 3.16. The Morgan fingerprint density at radius 3 is 2.25 bits per heavy atom. The van der Waals surface area contributed by atoms with Crippen molar-refractivity contribution in [2.24, 2.45) is 11.8 Å². The Labute approximate surface area is 213 Å². The van der Waals surface area contributed by atoms with Crippen LogP contribution in [0.5, 0.6) is 0 Å². The fraction of sp³-hybridized carbons (Fsp3) is 0.704. The van der Waals surface area contributed by atoms with E-state index < -0.39 is 11.8 Å². The Hall–Kier alpha value is -2.52. The van der Waals surface area contributed by atoms with Crippen LogP contribution in [0.3, 0.4) is 0 Å². The molecule has 0 unspecified atom stereocenters. The van der Waals surface area contributed by atoms with Gasteiger partial charge in [-0.25, -0.2) is 9.50 Å². The molecule has 36 heavy (non-hydrogen) atoms. The van der Waals surface area contributed by atoms with Gasteiger partial charge in [0.1, 0.15) is 5.69 Å². The van der Waals surface area contributed by atoms with Gasteiger partial charge in [0.05, 0.1) is 17.4 Å². The predicted molar refractivity (Wildman–Crippen MR) is 137 cm³/mol. The number of piperazine rings is 1. The summed E-state index contributed by atoms with van der Waals surface area (Å²) in [6.07, 6.45) is 3.07. The zero-order valence-corrected chi connectivity index (χ0v) is 22.4. The van der Waals surface area contributed by atoms with Crippen LogP contribution >= 0.6 is 0 Å². The van der Waals surface area contributed by atoms with Gasteiger partial charge in [-0.2, -0.15) is 5.10 Å². The summed E-state index contributed by atoms with van der Waals surface area (Å²) >= 11 is 0. The molecule has 0 bridgehead atoms. The van der Waals surface area contributed by atoms with Crippen LogP contribution in [-0.4, -0.2) is 77.9 Å². The van der Waals surface area contributed by atoms with Gasteiger partial charge in [0.2, 0.25) is 5.91 Å². The summed E-state index contributed by atoms with van der Waals surface area (Å²) in [5, 5.41) is 23.6. The van der Waals surface area contributed by atoms with Crippen LogP contribution in [0.4, 0.5) is 0 Å². The SMILES string of the molecule is CC(C)c1cc(C(C)C)c2nc(C(=O)N3CCN(C(=O)[C@H]4CC[C@@H](C(O)O)CC4)CC3(C)C)cn2n1. The Bertz CT molecular complexity index is 1110. The maximum atomic E-state index is 13.6. The average molecular weight is 500 g/mol. The number of imidazole rings is 1. The lowest BCUT2D eigenvalue weighted by Crippen LogP contribution is -2.62. The Balaban J connectivity index is 1.50. The maximum absolute atomic E-state index is 13.6. The molecule has 2 aromatic heterocycles. The summed E-state index contributed by atoms with van der Waals surface area (Å²) in [5.74, 6) is 0.248. The minimum atomic E-state index is -1.31. The lowest BCUT2D eigenvalue weighted by atomic mass is 9.80. The molecule has 4 rings (SSSR count). The zero-order valence-electron chi connectivity index (χ0n) is 22.4. The van der Waals surface area contributed by atoms with E-state index in [1.807, 2.05) is 23.6 Å². The zero-order chi connectivity index (χ0) is 26.4. The molecule has 0 spiro atoms. The number of carbonyl (C=O) groups is 2. The molecular weight excluding hydrogens is 458 g/mol. The van der Waals surface area contributed by atoms with Crippen LogP contribution < -0.4 is 0 Å². The van der Waals surface area contributed by atoms with Crippen molar-refractivity contribution in [1.82, 2.24) is 24.4 Å². The first kappa shape index (κ1) is 26.5. The van der Waals surface area contributed by atoms with E-state index in [1.54, 1.807) is 10.7 Å². The highest BCUT2D eigenvalue weighted by molar-refractivity contribution is 5.94. The van der Waals surface area contributed by atoms with E-state index in [4.69, 9.17) is 10.1 Å². The first-order valence-electron chi connectivity index (χ1n) is 13.3. The van der Waals surface area contributed by atoms with Gasteiger partial charge < -0.3 is 20.0 Å². The van der Waals surface area contributed by atoms with Crippen LogP contribution in [0, 0.1) is 11.8 Å². The summed E-state index contributed by atoms with van der Waals surface area (Å²) in [6.45, 7) is 13.8. The third-order valence-corrected chi connectivity index (χ3v) is 7.91. The third-order valence-electron chi connectivity index (χ3n) is 7.91. The Morgan fingerprint density at radius 2 is 1.69 bits per heavy atom. The molecule has 0 aromatic carbocycles. The average Bonchev–Trinajstić information content (AvgIpc) is 3.26. The summed E-state index contributed by atoms with van der Waals surface area (Å²) in [7, 11) is 0. The second-order valence-corrected chi connectivity index (χ2v) is 11.8. The van der Waals surface area contributed by atoms with Crippen LogP contribution in [-0.2, 0) is 4.79 Å². The maximum Gasteiger partial charge on any atom is 0.274 e. The quantitative estimate of drug-likeness (QED) is 0.612. The first-order valence-corrected chi connectivity index (χ1v) is 13.3. The van der Waals surface area contributed by atoms with E-state index in [-0.39, 0.29) is 35.5 Å². The van der Waals surface area contributed by atoms with E-state index in [9.17, 15) is 19.8 Å². The number of aromatic nitrogens is 3. The smallest absolute Gasteiger partial charge is 0.274 e. The van der Waals surface area contributed by atoms with E-state index >= 15 is 0 Å². The normalized spacial score (nSPS) is 22.8. The van der Waals surface area contributed by atoms with Gasteiger partial charge in [0, 0.05) is 37.0 Å². The number of amides is 2. The van der Waals surface area contributed by atoms with E-state index in [0.29, 0.717) is 56.7 Å². The number of aliphatic hydroxyl groups excluding tert-OH is 1. The van der Waals surface area contributed by atoms with Gasteiger partial charge in [-0.3, -0.25) is 9.59 Å². The number of hydrogen-bond acceptors (Lipinski definition) is 6. The molecule has 2 fully saturated rings. The molecule has 2 aliphatic rings. The molecule has 1 aliphatic carbocycles. The summed E-state index contributed by atoms with van der Waals surface area (Å²) in [4.78, 5) is 35.3. The first-order chi connectivity index (χ1) is 16.9. The second-order valence-electron chi connectivity index (χ2n) is 11.8.